The van der Waals surface area contributed by atoms with Crippen molar-refractivity contribution < 1.29 is 19.1 Å². The summed E-state index contributed by atoms with van der Waals surface area (Å²) in [6.45, 7) is 6.23. The SMILES string of the molecule is COC(=O)CCN1CCN(C(=O)C(=O)c2ccc(C)cc2)[C@@H](C)C1. The number of nitrogens with zero attached hydrogens (tertiary/aromatic N) is 2. The normalized spacial score (nSPS) is 18.3. The Bertz CT molecular complexity index is 612. The van der Waals surface area contributed by atoms with Gasteiger partial charge < -0.3 is 9.64 Å². The number of amides is 1. The predicted octanol–water partition coefficient (Wildman–Crippen LogP) is 1.27. The van der Waals surface area contributed by atoms with Crippen LogP contribution in [0.2, 0.25) is 0 Å². The summed E-state index contributed by atoms with van der Waals surface area (Å²) in [5.74, 6) is -1.17. The smallest absolute Gasteiger partial charge is 0.306 e. The third-order valence-electron chi connectivity index (χ3n) is 4.34. The van der Waals surface area contributed by atoms with Gasteiger partial charge in [0.15, 0.2) is 0 Å². The minimum Gasteiger partial charge on any atom is -0.469 e. The van der Waals surface area contributed by atoms with Crippen LogP contribution >= 0.6 is 0 Å². The van der Waals surface area contributed by atoms with Gasteiger partial charge >= 0.3 is 5.97 Å². The number of esters is 1. The molecule has 0 radical (unpaired) electrons. The molecule has 2 rings (SSSR count). The average Bonchev–Trinajstić information content (AvgIpc) is 2.59. The first-order chi connectivity index (χ1) is 11.4. The van der Waals surface area contributed by atoms with Crippen LogP contribution in [0.4, 0.5) is 0 Å². The predicted molar refractivity (Wildman–Crippen MR) is 89.8 cm³/mol. The highest BCUT2D eigenvalue weighted by atomic mass is 16.5. The minimum absolute atomic E-state index is 0.0710. The molecule has 1 aromatic rings. The van der Waals surface area contributed by atoms with Gasteiger partial charge in [0, 0.05) is 37.8 Å². The van der Waals surface area contributed by atoms with Crippen LogP contribution in [0.15, 0.2) is 24.3 Å². The van der Waals surface area contributed by atoms with Crippen molar-refractivity contribution in [2.45, 2.75) is 26.3 Å². The van der Waals surface area contributed by atoms with Crippen LogP contribution in [0.1, 0.15) is 29.3 Å². The van der Waals surface area contributed by atoms with Crippen molar-refractivity contribution >= 4 is 17.7 Å². The van der Waals surface area contributed by atoms with E-state index in [4.69, 9.17) is 0 Å². The van der Waals surface area contributed by atoms with E-state index in [2.05, 4.69) is 9.64 Å². The second kappa shape index (κ2) is 8.06. The summed E-state index contributed by atoms with van der Waals surface area (Å²) in [7, 11) is 1.37. The first kappa shape index (κ1) is 18.1. The summed E-state index contributed by atoms with van der Waals surface area (Å²) >= 11 is 0. The Morgan fingerprint density at radius 3 is 2.42 bits per heavy atom. The lowest BCUT2D eigenvalue weighted by atomic mass is 10.1. The molecule has 1 aromatic carbocycles. The van der Waals surface area contributed by atoms with Crippen LogP contribution in [0.25, 0.3) is 0 Å². The summed E-state index contributed by atoms with van der Waals surface area (Å²) in [5, 5.41) is 0. The summed E-state index contributed by atoms with van der Waals surface area (Å²) in [6.07, 6.45) is 0.333. The van der Waals surface area contributed by atoms with E-state index in [1.165, 1.54) is 7.11 Å². The van der Waals surface area contributed by atoms with Gasteiger partial charge in [0.25, 0.3) is 5.91 Å². The fraction of sp³-hybridized carbons (Fsp3) is 0.500. The van der Waals surface area contributed by atoms with Crippen molar-refractivity contribution in [3.63, 3.8) is 0 Å². The van der Waals surface area contributed by atoms with E-state index < -0.39 is 11.7 Å². The van der Waals surface area contributed by atoms with Crippen LogP contribution < -0.4 is 0 Å². The highest BCUT2D eigenvalue weighted by molar-refractivity contribution is 6.42. The molecule has 0 N–H and O–H groups in total. The maximum atomic E-state index is 12.5. The number of benzene rings is 1. The summed E-state index contributed by atoms with van der Waals surface area (Å²) < 4.78 is 4.64. The summed E-state index contributed by atoms with van der Waals surface area (Å²) in [4.78, 5) is 39.8. The van der Waals surface area contributed by atoms with E-state index in [-0.39, 0.29) is 12.0 Å². The molecule has 0 aliphatic carbocycles. The lowest BCUT2D eigenvalue weighted by Gasteiger charge is -2.39. The van der Waals surface area contributed by atoms with Gasteiger partial charge in [-0.25, -0.2) is 0 Å². The van der Waals surface area contributed by atoms with Gasteiger partial charge in [0.05, 0.1) is 13.5 Å². The number of ether oxygens (including phenoxy) is 1. The van der Waals surface area contributed by atoms with E-state index in [9.17, 15) is 14.4 Å². The zero-order valence-electron chi connectivity index (χ0n) is 14.4. The van der Waals surface area contributed by atoms with E-state index in [0.717, 1.165) is 5.56 Å². The fourth-order valence-corrected chi connectivity index (χ4v) is 2.85. The van der Waals surface area contributed by atoms with Gasteiger partial charge in [0.1, 0.15) is 0 Å². The Labute approximate surface area is 142 Å². The maximum Gasteiger partial charge on any atom is 0.306 e. The molecule has 1 aliphatic rings. The molecule has 0 spiro atoms. The molecule has 1 atom stereocenters. The molecule has 24 heavy (non-hydrogen) atoms. The maximum absolute atomic E-state index is 12.5. The van der Waals surface area contributed by atoms with Crippen molar-refractivity contribution in [3.05, 3.63) is 35.4 Å². The minimum atomic E-state index is -0.468. The Hall–Kier alpha value is -2.21. The number of carbonyl (C=O) groups is 3. The van der Waals surface area contributed by atoms with E-state index in [1.807, 2.05) is 26.0 Å². The zero-order chi connectivity index (χ0) is 17.7. The molecule has 6 heteroatoms. The molecule has 0 saturated carbocycles. The van der Waals surface area contributed by atoms with Crippen molar-refractivity contribution in [3.8, 4) is 0 Å². The number of aryl methyl sites for hydroxylation is 1. The van der Waals surface area contributed by atoms with Gasteiger partial charge in [0.2, 0.25) is 5.78 Å². The highest BCUT2D eigenvalue weighted by Gasteiger charge is 2.31. The lowest BCUT2D eigenvalue weighted by molar-refractivity contribution is -0.141. The Kier molecular flexibility index (Phi) is 6.09. The first-order valence-electron chi connectivity index (χ1n) is 8.13. The topological polar surface area (TPSA) is 66.9 Å². The standard InChI is InChI=1S/C18H24N2O4/c1-13-4-6-15(7-5-13)17(22)18(23)20-11-10-19(12-14(20)2)9-8-16(21)24-3/h4-7,14H,8-12H2,1-3H3/t14-/m0/s1. The molecule has 1 aliphatic heterocycles. The molecule has 0 unspecified atom stereocenters. The lowest BCUT2D eigenvalue weighted by Crippen LogP contribution is -2.55. The third-order valence-corrected chi connectivity index (χ3v) is 4.34. The number of piperazine rings is 1. The van der Waals surface area contributed by atoms with E-state index >= 15 is 0 Å². The van der Waals surface area contributed by atoms with Gasteiger partial charge in [-0.05, 0) is 13.8 Å². The number of hydrogen-bond acceptors (Lipinski definition) is 5. The highest BCUT2D eigenvalue weighted by Crippen LogP contribution is 2.13. The molecule has 0 bridgehead atoms. The third kappa shape index (κ3) is 4.41. The largest absolute Gasteiger partial charge is 0.469 e. The van der Waals surface area contributed by atoms with Crippen LogP contribution in [0.3, 0.4) is 0 Å². The molecule has 1 amide bonds. The Morgan fingerprint density at radius 2 is 1.83 bits per heavy atom. The number of rotatable bonds is 5. The Balaban J connectivity index is 1.93. The van der Waals surface area contributed by atoms with E-state index in [1.54, 1.807) is 17.0 Å². The van der Waals surface area contributed by atoms with Crippen LogP contribution in [-0.2, 0) is 14.3 Å². The number of Topliss-reactive ketones (excluding diaryl/α,β-unsaturated/α-hetero) is 1. The number of ketones is 1. The summed E-state index contributed by atoms with van der Waals surface area (Å²) in [6, 6.07) is 6.96. The van der Waals surface area contributed by atoms with Crippen LogP contribution in [0.5, 0.6) is 0 Å². The molecule has 1 fully saturated rings. The van der Waals surface area contributed by atoms with Gasteiger partial charge in [-0.1, -0.05) is 29.8 Å². The molecular formula is C18H24N2O4. The van der Waals surface area contributed by atoms with Crippen LogP contribution in [-0.4, -0.2) is 66.8 Å². The van der Waals surface area contributed by atoms with Crippen molar-refractivity contribution in [1.29, 1.82) is 0 Å². The van der Waals surface area contributed by atoms with Gasteiger partial charge in [-0.15, -0.1) is 0 Å². The average molecular weight is 332 g/mol. The molecule has 130 valence electrons. The quantitative estimate of drug-likeness (QED) is 0.461. The molecule has 0 aromatic heterocycles. The molecule has 6 nitrogen and oxygen atoms in total. The number of hydrogen-bond donors (Lipinski definition) is 0. The molecule has 1 heterocycles. The van der Waals surface area contributed by atoms with Crippen molar-refractivity contribution in [1.82, 2.24) is 9.80 Å². The van der Waals surface area contributed by atoms with Crippen molar-refractivity contribution in [2.75, 3.05) is 33.3 Å². The van der Waals surface area contributed by atoms with Crippen molar-refractivity contribution in [2.24, 2.45) is 0 Å². The number of carbonyl (C=O) groups excluding carboxylic acids is 3. The first-order valence-corrected chi connectivity index (χ1v) is 8.13. The van der Waals surface area contributed by atoms with Gasteiger partial charge in [-0.3, -0.25) is 19.3 Å². The molecule has 1 saturated heterocycles. The second-order valence-corrected chi connectivity index (χ2v) is 6.17. The fourth-order valence-electron chi connectivity index (χ4n) is 2.85. The Morgan fingerprint density at radius 1 is 1.17 bits per heavy atom. The van der Waals surface area contributed by atoms with E-state index in [0.29, 0.717) is 38.2 Å². The van der Waals surface area contributed by atoms with Crippen LogP contribution in [0, 0.1) is 6.92 Å². The summed E-state index contributed by atoms with van der Waals surface area (Å²) in [5.41, 5.74) is 1.47. The van der Waals surface area contributed by atoms with Gasteiger partial charge in [-0.2, -0.15) is 0 Å². The molecular weight excluding hydrogens is 308 g/mol. The monoisotopic (exact) mass is 332 g/mol. The number of methoxy groups -OCH3 is 1. The second-order valence-electron chi connectivity index (χ2n) is 6.17. The zero-order valence-corrected chi connectivity index (χ0v) is 14.4.